The van der Waals surface area contributed by atoms with Crippen LogP contribution in [-0.2, 0) is 4.74 Å². The van der Waals surface area contributed by atoms with Crippen molar-refractivity contribution in [1.82, 2.24) is 15.2 Å². The maximum Gasteiger partial charge on any atom is 0.341 e. The van der Waals surface area contributed by atoms with Crippen LogP contribution in [0.25, 0.3) is 22.4 Å². The number of rotatable bonds is 4. The number of fused-ring (bicyclic) bond motifs is 1. The Morgan fingerprint density at radius 2 is 1.71 bits per heavy atom. The molecule has 1 atom stereocenters. The highest BCUT2D eigenvalue weighted by molar-refractivity contribution is 5.98. The standard InChI is InChI=1S/C22H19N3O3/c1-13-17-11-7-8-12-18(17)23-14(2)19(13)22(26)27-15(3)20-24-25-21(28-20)16-9-5-4-6-10-16/h4-12,15H,1-3H3/t15-/m0/s1. The van der Waals surface area contributed by atoms with Crippen molar-refractivity contribution >= 4 is 16.9 Å². The van der Waals surface area contributed by atoms with Gasteiger partial charge in [-0.05, 0) is 44.5 Å². The van der Waals surface area contributed by atoms with Crippen molar-refractivity contribution in [3.05, 3.63) is 77.3 Å². The number of pyridine rings is 1. The first-order valence-corrected chi connectivity index (χ1v) is 9.00. The predicted molar refractivity (Wildman–Crippen MR) is 105 cm³/mol. The molecule has 6 nitrogen and oxygen atoms in total. The summed E-state index contributed by atoms with van der Waals surface area (Å²) in [6.07, 6.45) is -0.678. The van der Waals surface area contributed by atoms with Gasteiger partial charge < -0.3 is 9.15 Å². The maximum absolute atomic E-state index is 12.8. The van der Waals surface area contributed by atoms with Crippen LogP contribution in [-0.4, -0.2) is 21.2 Å². The second-order valence-corrected chi connectivity index (χ2v) is 6.57. The summed E-state index contributed by atoms with van der Waals surface area (Å²) in [5, 5.41) is 9.00. The summed E-state index contributed by atoms with van der Waals surface area (Å²) in [5.41, 5.74) is 3.60. The number of ether oxygens (including phenoxy) is 1. The van der Waals surface area contributed by atoms with Crippen molar-refractivity contribution in [3.8, 4) is 11.5 Å². The van der Waals surface area contributed by atoms with Crippen LogP contribution in [0.2, 0.25) is 0 Å². The zero-order valence-corrected chi connectivity index (χ0v) is 15.8. The van der Waals surface area contributed by atoms with E-state index in [0.717, 1.165) is 22.0 Å². The summed E-state index contributed by atoms with van der Waals surface area (Å²) >= 11 is 0. The van der Waals surface area contributed by atoms with Crippen molar-refractivity contribution in [2.24, 2.45) is 0 Å². The van der Waals surface area contributed by atoms with Gasteiger partial charge in [0.25, 0.3) is 5.89 Å². The van der Waals surface area contributed by atoms with Crippen LogP contribution in [0.4, 0.5) is 0 Å². The second-order valence-electron chi connectivity index (χ2n) is 6.57. The van der Waals surface area contributed by atoms with Crippen LogP contribution < -0.4 is 0 Å². The number of carbonyl (C=O) groups excluding carboxylic acids is 1. The lowest BCUT2D eigenvalue weighted by molar-refractivity contribution is 0.0278. The molecule has 2 aromatic heterocycles. The van der Waals surface area contributed by atoms with E-state index in [-0.39, 0.29) is 5.89 Å². The van der Waals surface area contributed by atoms with E-state index in [1.807, 2.05) is 61.5 Å². The smallest absolute Gasteiger partial charge is 0.341 e. The molecule has 0 radical (unpaired) electrons. The number of nitrogens with zero attached hydrogens (tertiary/aromatic N) is 3. The Bertz CT molecular complexity index is 1150. The van der Waals surface area contributed by atoms with Crippen LogP contribution in [0.15, 0.2) is 59.0 Å². The van der Waals surface area contributed by atoms with Crippen LogP contribution in [0, 0.1) is 13.8 Å². The number of hydrogen-bond acceptors (Lipinski definition) is 6. The zero-order valence-electron chi connectivity index (χ0n) is 15.8. The number of hydrogen-bond donors (Lipinski definition) is 0. The van der Waals surface area contributed by atoms with Crippen molar-refractivity contribution in [2.45, 2.75) is 26.9 Å². The van der Waals surface area contributed by atoms with E-state index in [9.17, 15) is 4.79 Å². The van der Waals surface area contributed by atoms with E-state index in [1.165, 1.54) is 0 Å². The molecule has 0 saturated carbocycles. The molecular formula is C22H19N3O3. The first-order valence-electron chi connectivity index (χ1n) is 9.00. The SMILES string of the molecule is Cc1nc2ccccc2c(C)c1C(=O)O[C@@H](C)c1nnc(-c2ccccc2)o1. The average molecular weight is 373 g/mol. The number of aryl methyl sites for hydroxylation is 2. The normalized spacial score (nSPS) is 12.1. The molecule has 6 heteroatoms. The molecule has 0 amide bonds. The van der Waals surface area contributed by atoms with Gasteiger partial charge in [0.1, 0.15) is 0 Å². The Balaban J connectivity index is 1.59. The third-order valence-electron chi connectivity index (χ3n) is 4.63. The molecule has 0 unspecified atom stereocenters. The molecule has 0 bridgehead atoms. The van der Waals surface area contributed by atoms with Crippen LogP contribution >= 0.6 is 0 Å². The number of aromatic nitrogens is 3. The fourth-order valence-corrected chi connectivity index (χ4v) is 3.20. The Morgan fingerprint density at radius 3 is 2.50 bits per heavy atom. The lowest BCUT2D eigenvalue weighted by Crippen LogP contribution is -2.13. The fourth-order valence-electron chi connectivity index (χ4n) is 3.20. The van der Waals surface area contributed by atoms with Gasteiger partial charge >= 0.3 is 5.97 Å². The Labute approximate surface area is 162 Å². The average Bonchev–Trinajstić information content (AvgIpc) is 3.19. The minimum Gasteiger partial charge on any atom is -0.449 e. The van der Waals surface area contributed by atoms with E-state index in [4.69, 9.17) is 9.15 Å². The third-order valence-corrected chi connectivity index (χ3v) is 4.63. The van der Waals surface area contributed by atoms with E-state index in [0.29, 0.717) is 17.1 Å². The summed E-state index contributed by atoms with van der Waals surface area (Å²) in [7, 11) is 0. The van der Waals surface area contributed by atoms with Crippen molar-refractivity contribution < 1.29 is 13.9 Å². The molecule has 0 saturated heterocycles. The van der Waals surface area contributed by atoms with E-state index < -0.39 is 12.1 Å². The quantitative estimate of drug-likeness (QED) is 0.477. The second kappa shape index (κ2) is 7.23. The molecule has 2 heterocycles. The maximum atomic E-state index is 12.8. The molecule has 0 spiro atoms. The number of benzene rings is 2. The van der Waals surface area contributed by atoms with Gasteiger partial charge in [0.05, 0.1) is 16.8 Å². The van der Waals surface area contributed by atoms with Crippen LogP contribution in [0.3, 0.4) is 0 Å². The molecule has 4 aromatic rings. The largest absolute Gasteiger partial charge is 0.449 e. The minimum absolute atomic E-state index is 0.247. The molecule has 4 rings (SSSR count). The highest BCUT2D eigenvalue weighted by Gasteiger charge is 2.23. The van der Waals surface area contributed by atoms with E-state index in [2.05, 4.69) is 15.2 Å². The lowest BCUT2D eigenvalue weighted by Gasteiger charge is -2.14. The zero-order chi connectivity index (χ0) is 19.7. The molecule has 0 fully saturated rings. The van der Waals surface area contributed by atoms with Crippen LogP contribution in [0.1, 0.15) is 40.5 Å². The van der Waals surface area contributed by atoms with Gasteiger partial charge in [-0.25, -0.2) is 4.79 Å². The van der Waals surface area contributed by atoms with Crippen LogP contribution in [0.5, 0.6) is 0 Å². The van der Waals surface area contributed by atoms with Gasteiger partial charge in [0.2, 0.25) is 5.89 Å². The highest BCUT2D eigenvalue weighted by atomic mass is 16.6. The van der Waals surface area contributed by atoms with Gasteiger partial charge in [-0.2, -0.15) is 0 Å². The molecule has 0 aliphatic carbocycles. The topological polar surface area (TPSA) is 78.1 Å². The Kier molecular flexibility index (Phi) is 4.61. The summed E-state index contributed by atoms with van der Waals surface area (Å²) in [5.74, 6) is 0.176. The van der Waals surface area contributed by atoms with E-state index >= 15 is 0 Å². The fraction of sp³-hybridized carbons (Fsp3) is 0.182. The molecule has 0 aliphatic rings. The van der Waals surface area contributed by atoms with Gasteiger partial charge in [0, 0.05) is 10.9 Å². The monoisotopic (exact) mass is 373 g/mol. The van der Waals surface area contributed by atoms with E-state index in [1.54, 1.807) is 13.8 Å². The number of carbonyl (C=O) groups is 1. The lowest BCUT2D eigenvalue weighted by atomic mass is 10.0. The molecular weight excluding hydrogens is 354 g/mol. The third kappa shape index (κ3) is 3.24. The molecule has 2 aromatic carbocycles. The van der Waals surface area contributed by atoms with Gasteiger partial charge in [-0.3, -0.25) is 4.98 Å². The van der Waals surface area contributed by atoms with Crippen molar-refractivity contribution in [1.29, 1.82) is 0 Å². The first-order chi connectivity index (χ1) is 13.5. The molecule has 0 aliphatic heterocycles. The summed E-state index contributed by atoms with van der Waals surface area (Å²) in [4.78, 5) is 17.4. The minimum atomic E-state index is -0.678. The summed E-state index contributed by atoms with van der Waals surface area (Å²) < 4.78 is 11.3. The Hall–Kier alpha value is -3.54. The number of para-hydroxylation sites is 1. The molecule has 140 valence electrons. The molecule has 0 N–H and O–H groups in total. The molecule has 28 heavy (non-hydrogen) atoms. The van der Waals surface area contributed by atoms with Gasteiger partial charge in [-0.15, -0.1) is 10.2 Å². The summed E-state index contributed by atoms with van der Waals surface area (Å²) in [6, 6.07) is 17.2. The van der Waals surface area contributed by atoms with Crippen molar-refractivity contribution in [2.75, 3.05) is 0 Å². The highest BCUT2D eigenvalue weighted by Crippen LogP contribution is 2.26. The summed E-state index contributed by atoms with van der Waals surface area (Å²) in [6.45, 7) is 5.42. The van der Waals surface area contributed by atoms with Gasteiger partial charge in [0.15, 0.2) is 6.10 Å². The predicted octanol–water partition coefficient (Wildman–Crippen LogP) is 4.82. The number of esters is 1. The van der Waals surface area contributed by atoms with Crippen molar-refractivity contribution in [3.63, 3.8) is 0 Å². The Morgan fingerprint density at radius 1 is 1.00 bits per heavy atom. The van der Waals surface area contributed by atoms with Gasteiger partial charge in [-0.1, -0.05) is 36.4 Å². The first kappa shape index (κ1) is 17.9.